The van der Waals surface area contributed by atoms with E-state index in [2.05, 4.69) is 50.5 Å². The van der Waals surface area contributed by atoms with Crippen molar-refractivity contribution in [1.29, 1.82) is 0 Å². The summed E-state index contributed by atoms with van der Waals surface area (Å²) in [6, 6.07) is 7.01. The Labute approximate surface area is 195 Å². The zero-order valence-electron chi connectivity index (χ0n) is 15.6. The van der Waals surface area contributed by atoms with E-state index in [0.29, 0.717) is 28.9 Å². The van der Waals surface area contributed by atoms with Crippen LogP contribution in [0.25, 0.3) is 11.1 Å². The largest absolute Gasteiger partial charge is 0.490 e. The van der Waals surface area contributed by atoms with Crippen molar-refractivity contribution in [3.63, 3.8) is 0 Å². The van der Waals surface area contributed by atoms with E-state index in [1.807, 2.05) is 6.92 Å². The maximum absolute atomic E-state index is 13.3. The number of ether oxygens (including phenoxy) is 1. The molecule has 0 saturated heterocycles. The summed E-state index contributed by atoms with van der Waals surface area (Å²) in [5, 5.41) is 12.5. The molecule has 1 aliphatic heterocycles. The lowest BCUT2D eigenvalue weighted by molar-refractivity contribution is -0.136. The first-order chi connectivity index (χ1) is 13.9. The number of fused-ring (bicyclic) bond motifs is 1. The number of hydrogen-bond acceptors (Lipinski definition) is 5. The molecule has 8 heteroatoms. The zero-order valence-corrected chi connectivity index (χ0v) is 19.9. The van der Waals surface area contributed by atoms with Crippen LogP contribution in [0.2, 0.25) is 0 Å². The number of carboxylic acids is 1. The Kier molecular flexibility index (Phi) is 7.52. The van der Waals surface area contributed by atoms with Crippen molar-refractivity contribution < 1.29 is 23.8 Å². The van der Waals surface area contributed by atoms with Crippen LogP contribution >= 0.6 is 45.2 Å². The Balaban J connectivity index is 1.96. The Morgan fingerprint density at radius 3 is 2.59 bits per heavy atom. The number of carboxylic acid groups (broad SMARTS) is 1. The second-order valence-electron chi connectivity index (χ2n) is 6.34. The van der Waals surface area contributed by atoms with Crippen molar-refractivity contribution in [3.05, 3.63) is 60.6 Å². The van der Waals surface area contributed by atoms with E-state index >= 15 is 0 Å². The van der Waals surface area contributed by atoms with Gasteiger partial charge in [-0.25, -0.2) is 0 Å². The fraction of sp³-hybridized carbons (Fsp3) is 0.238. The number of benzene rings is 1. The summed E-state index contributed by atoms with van der Waals surface area (Å²) >= 11 is 4.31. The molecular weight excluding hydrogens is 600 g/mol. The Bertz CT molecular complexity index is 991. The molecule has 2 N–H and O–H groups in total. The zero-order chi connectivity index (χ0) is 21.0. The van der Waals surface area contributed by atoms with Gasteiger partial charge in [-0.05, 0) is 87.1 Å². The third kappa shape index (κ3) is 5.10. The fourth-order valence-corrected chi connectivity index (χ4v) is 5.16. The van der Waals surface area contributed by atoms with Crippen molar-refractivity contribution in [3.8, 4) is 16.9 Å². The standard InChI is InChI=1S/C21H19I2NO5/c1-2-24-4-6-29-21-16(22)8-14(9-17(21)23)20(27)19-13(10-18(25)26)7-12-3-5-28-11-15(12)19/h3,5,7-9,11,24H,2,4,6,10H2,1H3,(H,25,26). The number of carbonyl (C=O) groups is 2. The first-order valence-electron chi connectivity index (χ1n) is 8.99. The number of aliphatic carboxylic acids is 1. The molecule has 3 rings (SSSR count). The average molecular weight is 619 g/mol. The molecule has 29 heavy (non-hydrogen) atoms. The maximum atomic E-state index is 13.3. The molecule has 0 unspecified atom stereocenters. The molecule has 6 nitrogen and oxygen atoms in total. The molecule has 0 aromatic heterocycles. The first kappa shape index (κ1) is 22.0. The summed E-state index contributed by atoms with van der Waals surface area (Å²) in [6.45, 7) is 4.19. The van der Waals surface area contributed by atoms with Gasteiger partial charge in [-0.1, -0.05) is 6.92 Å². The number of nitrogens with one attached hydrogen (secondary N) is 1. The number of rotatable bonds is 9. The van der Waals surface area contributed by atoms with Crippen LogP contribution < -0.4 is 10.1 Å². The number of carbonyl (C=O) groups excluding carboxylic acids is 1. The van der Waals surface area contributed by atoms with Gasteiger partial charge in [0.15, 0.2) is 5.78 Å². The van der Waals surface area contributed by atoms with Gasteiger partial charge in [0.05, 0.1) is 26.1 Å². The normalized spacial score (nSPS) is 11.0. The summed E-state index contributed by atoms with van der Waals surface area (Å²) < 4.78 is 12.8. The summed E-state index contributed by atoms with van der Waals surface area (Å²) in [5.41, 5.74) is 2.74. The minimum Gasteiger partial charge on any atom is -0.490 e. The summed E-state index contributed by atoms with van der Waals surface area (Å²) in [6.07, 6.45) is 2.77. The lowest BCUT2D eigenvalue weighted by Gasteiger charge is -2.13. The van der Waals surface area contributed by atoms with Crippen LogP contribution in [0.15, 0.2) is 41.2 Å². The summed E-state index contributed by atoms with van der Waals surface area (Å²) in [5.74, 6) is -0.471. The topological polar surface area (TPSA) is 88.8 Å². The van der Waals surface area contributed by atoms with Crippen molar-refractivity contribution in [2.75, 3.05) is 19.7 Å². The Morgan fingerprint density at radius 2 is 1.93 bits per heavy atom. The molecule has 1 aromatic carbocycles. The number of halogens is 2. The van der Waals surface area contributed by atoms with Crippen molar-refractivity contribution in [2.45, 2.75) is 13.3 Å². The number of ketones is 1. The molecule has 0 atom stereocenters. The molecule has 0 bridgehead atoms. The Hall–Kier alpha value is -1.66. The second kappa shape index (κ2) is 9.90. The van der Waals surface area contributed by atoms with Crippen LogP contribution in [-0.2, 0) is 11.2 Å². The highest BCUT2D eigenvalue weighted by atomic mass is 127. The lowest BCUT2D eigenvalue weighted by atomic mass is 9.97. The summed E-state index contributed by atoms with van der Waals surface area (Å²) in [4.78, 5) is 24.6. The van der Waals surface area contributed by atoms with Crippen LogP contribution in [0.4, 0.5) is 0 Å². The molecule has 0 saturated carbocycles. The lowest BCUT2D eigenvalue weighted by Crippen LogP contribution is -2.20. The minimum atomic E-state index is -0.986. The molecule has 1 heterocycles. The van der Waals surface area contributed by atoms with Crippen LogP contribution in [0.5, 0.6) is 5.75 Å². The third-order valence-corrected chi connectivity index (χ3v) is 5.95. The quantitative estimate of drug-likeness (QED) is 0.209. The maximum Gasteiger partial charge on any atom is 0.307 e. The molecule has 2 aliphatic rings. The number of hydrogen-bond donors (Lipinski definition) is 2. The molecule has 152 valence electrons. The van der Waals surface area contributed by atoms with Gasteiger partial charge in [0.1, 0.15) is 12.4 Å². The first-order valence-corrected chi connectivity index (χ1v) is 11.1. The minimum absolute atomic E-state index is 0.227. The van der Waals surface area contributed by atoms with Crippen molar-refractivity contribution in [1.82, 2.24) is 5.32 Å². The predicted molar refractivity (Wildman–Crippen MR) is 126 cm³/mol. The SMILES string of the molecule is CCNCCOc1c(I)cc(C(=O)c2c(CC(=O)O)cc3ccocc2-3)cc1I. The monoisotopic (exact) mass is 619 g/mol. The van der Waals surface area contributed by atoms with E-state index in [9.17, 15) is 14.7 Å². The van der Waals surface area contributed by atoms with Crippen molar-refractivity contribution in [2.24, 2.45) is 0 Å². The molecule has 0 radical (unpaired) electrons. The van der Waals surface area contributed by atoms with Gasteiger partial charge in [-0.2, -0.15) is 0 Å². The van der Waals surface area contributed by atoms with E-state index in [-0.39, 0.29) is 12.2 Å². The number of likely N-dealkylation sites (N-methyl/N-ethyl adjacent to an activating group) is 1. The van der Waals surface area contributed by atoms with E-state index in [0.717, 1.165) is 31.5 Å². The molecule has 1 aromatic rings. The van der Waals surface area contributed by atoms with Crippen LogP contribution in [-0.4, -0.2) is 36.6 Å². The van der Waals surface area contributed by atoms with Gasteiger partial charge in [0.25, 0.3) is 0 Å². The van der Waals surface area contributed by atoms with E-state index in [1.165, 1.54) is 12.5 Å². The van der Waals surface area contributed by atoms with Crippen LogP contribution in [0, 0.1) is 7.14 Å². The van der Waals surface area contributed by atoms with Crippen LogP contribution in [0.3, 0.4) is 0 Å². The highest BCUT2D eigenvalue weighted by Gasteiger charge is 2.25. The van der Waals surface area contributed by atoms with Crippen molar-refractivity contribution >= 4 is 56.9 Å². The van der Waals surface area contributed by atoms with Gasteiger partial charge < -0.3 is 19.6 Å². The summed E-state index contributed by atoms with van der Waals surface area (Å²) in [7, 11) is 0. The van der Waals surface area contributed by atoms with Crippen LogP contribution in [0.1, 0.15) is 28.4 Å². The van der Waals surface area contributed by atoms with Gasteiger partial charge in [0.2, 0.25) is 0 Å². The highest BCUT2D eigenvalue weighted by molar-refractivity contribution is 14.1. The third-order valence-electron chi connectivity index (χ3n) is 4.35. The van der Waals surface area contributed by atoms with Gasteiger partial charge in [0, 0.05) is 23.2 Å². The molecule has 1 aliphatic carbocycles. The van der Waals surface area contributed by atoms with E-state index < -0.39 is 5.97 Å². The molecule has 0 fully saturated rings. The van der Waals surface area contributed by atoms with Gasteiger partial charge in [-0.15, -0.1) is 0 Å². The predicted octanol–water partition coefficient (Wildman–Crippen LogP) is 4.44. The van der Waals surface area contributed by atoms with Gasteiger partial charge in [-0.3, -0.25) is 9.59 Å². The van der Waals surface area contributed by atoms with Gasteiger partial charge >= 0.3 is 5.97 Å². The highest BCUT2D eigenvalue weighted by Crippen LogP contribution is 2.36. The molecule has 0 spiro atoms. The average Bonchev–Trinajstić information content (AvgIpc) is 3.03. The smallest absolute Gasteiger partial charge is 0.307 e. The Morgan fingerprint density at radius 1 is 1.21 bits per heavy atom. The fourth-order valence-electron chi connectivity index (χ4n) is 3.09. The molecule has 0 amide bonds. The van der Waals surface area contributed by atoms with E-state index in [4.69, 9.17) is 9.15 Å². The van der Waals surface area contributed by atoms with E-state index in [1.54, 1.807) is 24.3 Å². The second-order valence-corrected chi connectivity index (χ2v) is 8.67. The molecular formula is C21H19I2NO5.